The van der Waals surface area contributed by atoms with Crippen LogP contribution in [0.15, 0.2) is 150 Å². The van der Waals surface area contributed by atoms with Crippen molar-refractivity contribution in [1.29, 1.82) is 0 Å². The highest BCUT2D eigenvalue weighted by Crippen LogP contribution is 2.45. The van der Waals surface area contributed by atoms with Crippen LogP contribution in [-0.2, 0) is 5.41 Å². The van der Waals surface area contributed by atoms with Gasteiger partial charge in [-0.2, -0.15) is 0 Å². The Bertz CT molecular complexity index is 2340. The number of hydrogen-bond donors (Lipinski definition) is 0. The van der Waals surface area contributed by atoms with Crippen LogP contribution in [-0.4, -0.2) is 0 Å². The number of rotatable bonds is 4. The molecular weight excluding hydrogens is 534 g/mol. The molecule has 0 saturated carbocycles. The summed E-state index contributed by atoms with van der Waals surface area (Å²) < 4.78 is 6.62. The van der Waals surface area contributed by atoms with E-state index in [0.717, 1.165) is 34.0 Å². The topological polar surface area (TPSA) is 16.4 Å². The Balaban J connectivity index is 1.41. The minimum atomic E-state index is -0.0927. The van der Waals surface area contributed by atoms with Crippen molar-refractivity contribution < 1.29 is 4.42 Å². The fourth-order valence-corrected chi connectivity index (χ4v) is 6.74. The van der Waals surface area contributed by atoms with Gasteiger partial charge in [0.15, 0.2) is 0 Å². The molecule has 0 aliphatic carbocycles. The second-order valence-electron chi connectivity index (χ2n) is 12.6. The number of nitrogens with zero attached hydrogens (tertiary/aromatic N) is 1. The first-order chi connectivity index (χ1) is 21.5. The number of fused-ring (bicyclic) bond motifs is 5. The third kappa shape index (κ3) is 4.34. The van der Waals surface area contributed by atoms with E-state index in [1.54, 1.807) is 0 Å². The van der Waals surface area contributed by atoms with Crippen molar-refractivity contribution in [3.8, 4) is 11.3 Å². The number of hydrogen-bond acceptors (Lipinski definition) is 2. The molecule has 0 unspecified atom stereocenters. The summed E-state index contributed by atoms with van der Waals surface area (Å²) in [7, 11) is 0. The molecule has 0 bridgehead atoms. The largest absolute Gasteiger partial charge is 0.456 e. The lowest BCUT2D eigenvalue weighted by atomic mass is 9.83. The highest BCUT2D eigenvalue weighted by molar-refractivity contribution is 6.14. The molecule has 0 aliphatic heterocycles. The quantitative estimate of drug-likeness (QED) is 0.197. The average Bonchev–Trinajstić information content (AvgIpc) is 3.46. The lowest BCUT2D eigenvalue weighted by Gasteiger charge is -2.28. The van der Waals surface area contributed by atoms with Crippen molar-refractivity contribution in [2.24, 2.45) is 0 Å². The van der Waals surface area contributed by atoms with Crippen molar-refractivity contribution >= 4 is 60.3 Å². The molecule has 2 nitrogen and oxygen atoms in total. The summed E-state index contributed by atoms with van der Waals surface area (Å²) in [4.78, 5) is 2.41. The van der Waals surface area contributed by atoms with Gasteiger partial charge >= 0.3 is 0 Å². The third-order valence-corrected chi connectivity index (χ3v) is 8.69. The second-order valence-corrected chi connectivity index (χ2v) is 12.6. The third-order valence-electron chi connectivity index (χ3n) is 8.69. The van der Waals surface area contributed by atoms with Crippen molar-refractivity contribution in [3.05, 3.63) is 151 Å². The first-order valence-electron chi connectivity index (χ1n) is 15.3. The molecule has 8 rings (SSSR count). The number of benzene rings is 7. The minimum Gasteiger partial charge on any atom is -0.456 e. The molecule has 0 aliphatic rings. The van der Waals surface area contributed by atoms with E-state index in [0.29, 0.717) is 0 Å². The van der Waals surface area contributed by atoms with Crippen molar-refractivity contribution in [2.45, 2.75) is 26.2 Å². The number of anilines is 3. The Labute approximate surface area is 257 Å². The van der Waals surface area contributed by atoms with Crippen molar-refractivity contribution in [2.75, 3.05) is 4.90 Å². The van der Waals surface area contributed by atoms with Crippen molar-refractivity contribution in [1.82, 2.24) is 0 Å². The minimum absolute atomic E-state index is 0.0927. The first kappa shape index (κ1) is 26.3. The molecule has 0 spiro atoms. The van der Waals surface area contributed by atoms with E-state index >= 15 is 0 Å². The predicted molar refractivity (Wildman–Crippen MR) is 188 cm³/mol. The Morgan fingerprint density at radius 3 is 1.91 bits per heavy atom. The molecule has 44 heavy (non-hydrogen) atoms. The van der Waals surface area contributed by atoms with Crippen LogP contribution < -0.4 is 4.90 Å². The van der Waals surface area contributed by atoms with E-state index in [4.69, 9.17) is 4.42 Å². The standard InChI is InChI=1S/C42H33NO/c1-42(2,3)40-37-21-10-11-22-39(37)44-41(40)31-16-12-17-32(26-31)43(33-24-23-28-13-4-5-14-29(28)25-33)38-27-30-15-6-7-18-34(30)35-19-8-9-20-36(35)38/h4-27H,1-3H3. The molecule has 0 radical (unpaired) electrons. The van der Waals surface area contributed by atoms with Crippen LogP contribution in [0.2, 0.25) is 0 Å². The van der Waals surface area contributed by atoms with E-state index in [1.807, 2.05) is 6.07 Å². The molecule has 8 aromatic rings. The summed E-state index contributed by atoms with van der Waals surface area (Å²) in [6.07, 6.45) is 0. The number of furan rings is 1. The van der Waals surface area contributed by atoms with Gasteiger partial charge in [-0.15, -0.1) is 0 Å². The van der Waals surface area contributed by atoms with Crippen molar-refractivity contribution in [3.63, 3.8) is 0 Å². The lowest BCUT2D eigenvalue weighted by molar-refractivity contribution is 0.568. The molecule has 0 N–H and O–H groups in total. The Hall–Kier alpha value is -5.34. The second kappa shape index (κ2) is 10.1. The normalized spacial score (nSPS) is 12.0. The Morgan fingerprint density at radius 2 is 1.11 bits per heavy atom. The zero-order chi connectivity index (χ0) is 29.8. The van der Waals surface area contributed by atoms with Crippen LogP contribution in [0.25, 0.3) is 54.6 Å². The molecule has 1 heterocycles. The van der Waals surface area contributed by atoms with Crippen LogP contribution in [0.4, 0.5) is 17.1 Å². The summed E-state index contributed by atoms with van der Waals surface area (Å²) >= 11 is 0. The van der Waals surface area contributed by atoms with E-state index < -0.39 is 0 Å². The van der Waals surface area contributed by atoms with E-state index in [-0.39, 0.29) is 5.41 Å². The molecule has 2 heteroatoms. The summed E-state index contributed by atoms with van der Waals surface area (Å²) in [5.41, 5.74) is 6.47. The summed E-state index contributed by atoms with van der Waals surface area (Å²) in [6, 6.07) is 52.3. The monoisotopic (exact) mass is 567 g/mol. The van der Waals surface area contributed by atoms with Gasteiger partial charge in [-0.25, -0.2) is 0 Å². The summed E-state index contributed by atoms with van der Waals surface area (Å²) in [5, 5.41) is 8.55. The van der Waals surface area contributed by atoms with Gasteiger partial charge in [-0.05, 0) is 68.7 Å². The maximum absolute atomic E-state index is 6.62. The first-order valence-corrected chi connectivity index (χ1v) is 15.3. The maximum atomic E-state index is 6.62. The molecule has 0 atom stereocenters. The smallest absolute Gasteiger partial charge is 0.139 e. The van der Waals surface area contributed by atoms with Crippen LogP contribution in [0.3, 0.4) is 0 Å². The van der Waals surface area contributed by atoms with Crippen LogP contribution in [0.5, 0.6) is 0 Å². The predicted octanol–water partition coefficient (Wildman–Crippen LogP) is 12.3. The van der Waals surface area contributed by atoms with Gasteiger partial charge in [0.25, 0.3) is 0 Å². The average molecular weight is 568 g/mol. The van der Waals surface area contributed by atoms with Gasteiger partial charge in [0, 0.05) is 33.3 Å². The van der Waals surface area contributed by atoms with Crippen LogP contribution in [0, 0.1) is 0 Å². The number of para-hydroxylation sites is 1. The van der Waals surface area contributed by atoms with Gasteiger partial charge in [-0.1, -0.05) is 130 Å². The molecule has 7 aromatic carbocycles. The zero-order valence-corrected chi connectivity index (χ0v) is 25.2. The molecule has 0 amide bonds. The molecule has 1 aromatic heterocycles. The molecule has 212 valence electrons. The Morgan fingerprint density at radius 1 is 0.477 bits per heavy atom. The Kier molecular flexibility index (Phi) is 6.06. The van der Waals surface area contributed by atoms with E-state index in [2.05, 4.69) is 165 Å². The summed E-state index contributed by atoms with van der Waals surface area (Å²) in [5.74, 6) is 0.933. The van der Waals surface area contributed by atoms with Gasteiger partial charge < -0.3 is 9.32 Å². The fraction of sp³-hybridized carbons (Fsp3) is 0.0952. The van der Waals surface area contributed by atoms with Gasteiger partial charge in [0.2, 0.25) is 0 Å². The SMILES string of the molecule is CC(C)(C)c1c(-c2cccc(N(c3ccc4ccccc4c3)c3cc4ccccc4c4ccccc34)c2)oc2ccccc12. The van der Waals surface area contributed by atoms with Gasteiger partial charge in [-0.3, -0.25) is 0 Å². The molecular formula is C42H33NO. The fourth-order valence-electron chi connectivity index (χ4n) is 6.74. The highest BCUT2D eigenvalue weighted by Gasteiger charge is 2.27. The van der Waals surface area contributed by atoms with Crippen LogP contribution in [0.1, 0.15) is 26.3 Å². The van der Waals surface area contributed by atoms with Gasteiger partial charge in [0.05, 0.1) is 5.69 Å². The highest BCUT2D eigenvalue weighted by atomic mass is 16.3. The maximum Gasteiger partial charge on any atom is 0.139 e. The molecule has 0 fully saturated rings. The molecule has 0 saturated heterocycles. The van der Waals surface area contributed by atoms with E-state index in [9.17, 15) is 0 Å². The lowest BCUT2D eigenvalue weighted by Crippen LogP contribution is -2.12. The van der Waals surface area contributed by atoms with E-state index in [1.165, 1.54) is 43.3 Å². The zero-order valence-electron chi connectivity index (χ0n) is 25.2. The van der Waals surface area contributed by atoms with Crippen LogP contribution >= 0.6 is 0 Å². The summed E-state index contributed by atoms with van der Waals surface area (Å²) in [6.45, 7) is 6.79. The van der Waals surface area contributed by atoms with Gasteiger partial charge in [0.1, 0.15) is 11.3 Å².